The second kappa shape index (κ2) is 3.71. The van der Waals surface area contributed by atoms with Crippen molar-refractivity contribution in [3.63, 3.8) is 0 Å². The summed E-state index contributed by atoms with van der Waals surface area (Å²) in [5, 5.41) is 0. The van der Waals surface area contributed by atoms with E-state index < -0.39 is 0 Å². The average Bonchev–Trinajstić information content (AvgIpc) is 2.05. The number of ether oxygens (including phenoxy) is 1. The first-order chi connectivity index (χ1) is 4.84. The Balaban J connectivity index is 2.53. The van der Waals surface area contributed by atoms with Crippen LogP contribution in [-0.2, 0) is 4.74 Å². The van der Waals surface area contributed by atoms with Crippen LogP contribution in [0, 0.1) is 0 Å². The molecule has 0 aromatic heterocycles. The molecule has 0 saturated carbocycles. The van der Waals surface area contributed by atoms with Gasteiger partial charge in [0.1, 0.15) is 5.76 Å². The van der Waals surface area contributed by atoms with Gasteiger partial charge in [-0.15, -0.1) is 0 Å². The van der Waals surface area contributed by atoms with Crippen molar-refractivity contribution in [2.75, 3.05) is 18.6 Å². The Labute approximate surface area is 66.1 Å². The molecule has 0 fully saturated rings. The first-order valence-corrected chi connectivity index (χ1v) is 4.50. The molecule has 0 unspecified atom stereocenters. The van der Waals surface area contributed by atoms with E-state index in [9.17, 15) is 0 Å². The van der Waals surface area contributed by atoms with E-state index in [4.69, 9.17) is 4.74 Å². The van der Waals surface area contributed by atoms with Crippen LogP contribution in [0.25, 0.3) is 0 Å². The normalized spacial score (nSPS) is 17.9. The molecule has 1 nitrogen and oxygen atoms in total. The summed E-state index contributed by atoms with van der Waals surface area (Å²) in [4.78, 5) is 0. The van der Waals surface area contributed by atoms with Crippen molar-refractivity contribution in [3.05, 3.63) is 24.0 Å². The minimum absolute atomic E-state index is 0.826. The number of hydrogen-bond donors (Lipinski definition) is 0. The summed E-state index contributed by atoms with van der Waals surface area (Å²) < 4.78 is 5.01. The molecule has 0 radical (unpaired) electrons. The number of methoxy groups -OCH3 is 1. The lowest BCUT2D eigenvalue weighted by atomic mass is 10.2. The van der Waals surface area contributed by atoms with Crippen molar-refractivity contribution in [3.8, 4) is 0 Å². The Morgan fingerprint density at radius 1 is 1.80 bits per heavy atom. The van der Waals surface area contributed by atoms with Crippen molar-refractivity contribution in [2.45, 2.75) is 6.42 Å². The summed E-state index contributed by atoms with van der Waals surface area (Å²) in [7, 11) is 1.67. The van der Waals surface area contributed by atoms with E-state index >= 15 is 0 Å². The smallest absolute Gasteiger partial charge is 0.115 e. The second-order valence-electron chi connectivity index (χ2n) is 2.20. The number of thioether (sulfide) groups is 1. The van der Waals surface area contributed by atoms with E-state index in [1.807, 2.05) is 11.8 Å². The highest BCUT2D eigenvalue weighted by Gasteiger charge is 2.06. The van der Waals surface area contributed by atoms with Crippen LogP contribution >= 0.6 is 11.8 Å². The number of allylic oxidation sites excluding steroid dienone is 2. The largest absolute Gasteiger partial charge is 0.497 e. The van der Waals surface area contributed by atoms with Crippen molar-refractivity contribution in [1.82, 2.24) is 0 Å². The maximum atomic E-state index is 5.01. The van der Waals surface area contributed by atoms with E-state index in [1.54, 1.807) is 7.11 Å². The minimum Gasteiger partial charge on any atom is -0.497 e. The third-order valence-electron chi connectivity index (χ3n) is 1.52. The fourth-order valence-electron chi connectivity index (χ4n) is 0.883. The van der Waals surface area contributed by atoms with Gasteiger partial charge in [0.15, 0.2) is 0 Å². The van der Waals surface area contributed by atoms with E-state index in [-0.39, 0.29) is 0 Å². The molecule has 2 heteroatoms. The fourth-order valence-corrected chi connectivity index (χ4v) is 1.81. The van der Waals surface area contributed by atoms with Gasteiger partial charge >= 0.3 is 0 Å². The monoisotopic (exact) mass is 156 g/mol. The highest BCUT2D eigenvalue weighted by molar-refractivity contribution is 7.99. The Kier molecular flexibility index (Phi) is 2.87. The Bertz CT molecular complexity index is 161. The molecule has 0 N–H and O–H groups in total. The molecule has 0 spiro atoms. The molecule has 0 aromatic carbocycles. The van der Waals surface area contributed by atoms with Gasteiger partial charge in [0.25, 0.3) is 0 Å². The Morgan fingerprint density at radius 3 is 3.10 bits per heavy atom. The van der Waals surface area contributed by atoms with E-state index in [1.165, 1.54) is 11.3 Å². The van der Waals surface area contributed by atoms with Crippen LogP contribution in [0.3, 0.4) is 0 Å². The molecule has 1 aliphatic heterocycles. The van der Waals surface area contributed by atoms with E-state index in [0.29, 0.717) is 0 Å². The number of rotatable bonds is 2. The van der Waals surface area contributed by atoms with Gasteiger partial charge in [-0.1, -0.05) is 12.7 Å². The van der Waals surface area contributed by atoms with Gasteiger partial charge in [0, 0.05) is 5.75 Å². The van der Waals surface area contributed by atoms with Gasteiger partial charge < -0.3 is 4.74 Å². The third-order valence-corrected chi connectivity index (χ3v) is 2.55. The zero-order valence-electron chi connectivity index (χ0n) is 6.22. The zero-order valence-corrected chi connectivity index (χ0v) is 7.04. The van der Waals surface area contributed by atoms with E-state index in [0.717, 1.165) is 17.9 Å². The van der Waals surface area contributed by atoms with Crippen LogP contribution in [0.4, 0.5) is 0 Å². The molecule has 0 atom stereocenters. The summed E-state index contributed by atoms with van der Waals surface area (Å²) in [6.45, 7) is 3.79. The standard InChI is InChI=1S/C8H12OS/c1-7(9-2)8-4-3-5-10-6-8/h4H,1,3,5-6H2,2H3. The second-order valence-corrected chi connectivity index (χ2v) is 3.30. The van der Waals surface area contributed by atoms with Crippen molar-refractivity contribution in [2.24, 2.45) is 0 Å². The molecule has 0 saturated heterocycles. The molecule has 1 aliphatic rings. The minimum atomic E-state index is 0.826. The van der Waals surface area contributed by atoms with E-state index in [2.05, 4.69) is 12.7 Å². The molecular formula is C8H12OS. The van der Waals surface area contributed by atoms with Crippen LogP contribution in [0.15, 0.2) is 24.0 Å². The average molecular weight is 156 g/mol. The maximum Gasteiger partial charge on any atom is 0.115 e. The Morgan fingerprint density at radius 2 is 2.60 bits per heavy atom. The topological polar surface area (TPSA) is 9.23 Å². The molecule has 0 bridgehead atoms. The summed E-state index contributed by atoms with van der Waals surface area (Å²) in [6.07, 6.45) is 3.37. The summed E-state index contributed by atoms with van der Waals surface area (Å²) >= 11 is 1.94. The predicted octanol–water partition coefficient (Wildman–Crippen LogP) is 2.21. The van der Waals surface area contributed by atoms with Crippen LogP contribution in [0.2, 0.25) is 0 Å². The third kappa shape index (κ3) is 1.81. The quantitative estimate of drug-likeness (QED) is 0.567. The molecule has 1 heterocycles. The van der Waals surface area contributed by atoms with Crippen molar-refractivity contribution >= 4 is 11.8 Å². The SMILES string of the molecule is C=C(OC)C1=CCCSC1. The predicted molar refractivity (Wildman–Crippen MR) is 46.2 cm³/mol. The van der Waals surface area contributed by atoms with Gasteiger partial charge in [0.05, 0.1) is 7.11 Å². The lowest BCUT2D eigenvalue weighted by Gasteiger charge is -2.12. The lowest BCUT2D eigenvalue weighted by Crippen LogP contribution is -1.99. The fraction of sp³-hybridized carbons (Fsp3) is 0.500. The summed E-state index contributed by atoms with van der Waals surface area (Å²) in [6, 6.07) is 0. The molecule has 1 rings (SSSR count). The molecule has 0 aromatic rings. The summed E-state index contributed by atoms with van der Waals surface area (Å²) in [5.41, 5.74) is 1.26. The first-order valence-electron chi connectivity index (χ1n) is 3.34. The first kappa shape index (κ1) is 7.73. The molecule has 56 valence electrons. The maximum absolute atomic E-state index is 5.01. The molecular weight excluding hydrogens is 144 g/mol. The van der Waals surface area contributed by atoms with Gasteiger partial charge in [-0.25, -0.2) is 0 Å². The van der Waals surface area contributed by atoms with Crippen LogP contribution in [0.1, 0.15) is 6.42 Å². The lowest BCUT2D eigenvalue weighted by molar-refractivity contribution is 0.303. The summed E-state index contributed by atoms with van der Waals surface area (Å²) in [5.74, 6) is 3.12. The van der Waals surface area contributed by atoms with Crippen molar-refractivity contribution in [1.29, 1.82) is 0 Å². The van der Waals surface area contributed by atoms with Crippen LogP contribution in [0.5, 0.6) is 0 Å². The zero-order chi connectivity index (χ0) is 7.40. The molecule has 0 aliphatic carbocycles. The van der Waals surface area contributed by atoms with Crippen LogP contribution < -0.4 is 0 Å². The van der Waals surface area contributed by atoms with Gasteiger partial charge in [-0.3, -0.25) is 0 Å². The van der Waals surface area contributed by atoms with Crippen molar-refractivity contribution < 1.29 is 4.74 Å². The Hall–Kier alpha value is -0.370. The highest BCUT2D eigenvalue weighted by atomic mass is 32.2. The van der Waals surface area contributed by atoms with Gasteiger partial charge in [-0.2, -0.15) is 11.8 Å². The highest BCUT2D eigenvalue weighted by Crippen LogP contribution is 2.21. The van der Waals surface area contributed by atoms with Crippen LogP contribution in [-0.4, -0.2) is 18.6 Å². The molecule has 0 amide bonds. The molecule has 10 heavy (non-hydrogen) atoms. The van der Waals surface area contributed by atoms with Gasteiger partial charge in [0.2, 0.25) is 0 Å². The van der Waals surface area contributed by atoms with Gasteiger partial charge in [-0.05, 0) is 17.7 Å². The number of hydrogen-bond acceptors (Lipinski definition) is 2.